The molecule has 0 radical (unpaired) electrons. The van der Waals surface area contributed by atoms with E-state index in [2.05, 4.69) is 5.32 Å². The van der Waals surface area contributed by atoms with Crippen molar-refractivity contribution in [1.29, 1.82) is 0 Å². The first-order chi connectivity index (χ1) is 10.1. The minimum absolute atomic E-state index is 0.111. The Morgan fingerprint density at radius 2 is 1.95 bits per heavy atom. The molecule has 2 aliphatic rings. The highest BCUT2D eigenvalue weighted by Gasteiger charge is 2.39. The lowest BCUT2D eigenvalue weighted by Crippen LogP contribution is -2.44. The van der Waals surface area contributed by atoms with Gasteiger partial charge >= 0.3 is 5.97 Å². The van der Waals surface area contributed by atoms with Crippen molar-refractivity contribution in [2.45, 2.75) is 51.4 Å². The van der Waals surface area contributed by atoms with Crippen LogP contribution in [0.3, 0.4) is 0 Å². The minimum atomic E-state index is -0.767. The monoisotopic (exact) mass is 307 g/mol. The van der Waals surface area contributed by atoms with E-state index < -0.39 is 11.4 Å². The van der Waals surface area contributed by atoms with Gasteiger partial charge in [0.25, 0.3) is 5.91 Å². The summed E-state index contributed by atoms with van der Waals surface area (Å²) in [6.45, 7) is 0.254. The fourth-order valence-electron chi connectivity index (χ4n) is 3.47. The molecule has 0 saturated heterocycles. The zero-order chi connectivity index (χ0) is 14.9. The Bertz CT molecular complexity index is 536. The van der Waals surface area contributed by atoms with E-state index in [-0.39, 0.29) is 12.5 Å². The van der Waals surface area contributed by atoms with E-state index in [9.17, 15) is 14.7 Å². The third-order valence-corrected chi connectivity index (χ3v) is 6.06. The highest BCUT2D eigenvalue weighted by Crippen LogP contribution is 2.36. The number of carbonyl (C=O) groups is 2. The number of nitrogens with one attached hydrogen (secondary N) is 1. The first-order valence-electron chi connectivity index (χ1n) is 7.74. The molecule has 1 aromatic rings. The Balaban J connectivity index is 1.65. The largest absolute Gasteiger partial charge is 0.481 e. The molecule has 1 heterocycles. The Hall–Kier alpha value is -1.36. The van der Waals surface area contributed by atoms with E-state index in [0.717, 1.165) is 37.0 Å². The highest BCUT2D eigenvalue weighted by atomic mass is 32.1. The number of carboxylic acid groups (broad SMARTS) is 1. The summed E-state index contributed by atoms with van der Waals surface area (Å²) in [7, 11) is 0. The van der Waals surface area contributed by atoms with Crippen molar-refractivity contribution < 1.29 is 14.7 Å². The fourth-order valence-corrected chi connectivity index (χ4v) is 4.64. The fraction of sp³-hybridized carbons (Fsp3) is 0.625. The molecule has 1 saturated carbocycles. The van der Waals surface area contributed by atoms with Gasteiger partial charge in [-0.05, 0) is 43.7 Å². The molecule has 1 aromatic heterocycles. The van der Waals surface area contributed by atoms with Crippen LogP contribution >= 0.6 is 11.3 Å². The number of rotatable bonds is 4. The topological polar surface area (TPSA) is 66.4 Å². The molecular weight excluding hydrogens is 286 g/mol. The lowest BCUT2D eigenvalue weighted by Gasteiger charge is -2.33. The molecule has 1 amide bonds. The minimum Gasteiger partial charge on any atom is -0.481 e. The molecule has 0 spiro atoms. The maximum absolute atomic E-state index is 12.3. The maximum atomic E-state index is 12.3. The quantitative estimate of drug-likeness (QED) is 0.898. The molecule has 0 bridgehead atoms. The summed E-state index contributed by atoms with van der Waals surface area (Å²) < 4.78 is 0. The second kappa shape index (κ2) is 5.79. The van der Waals surface area contributed by atoms with E-state index in [0.29, 0.717) is 12.8 Å². The second-order valence-electron chi connectivity index (χ2n) is 6.24. The van der Waals surface area contributed by atoms with Gasteiger partial charge in [-0.15, -0.1) is 11.3 Å². The Labute approximate surface area is 128 Å². The number of fused-ring (bicyclic) bond motifs is 1. The average Bonchev–Trinajstić information content (AvgIpc) is 3.07. The van der Waals surface area contributed by atoms with E-state index in [1.54, 1.807) is 11.3 Å². The van der Waals surface area contributed by atoms with Crippen molar-refractivity contribution in [3.63, 3.8) is 0 Å². The first-order valence-corrected chi connectivity index (χ1v) is 8.56. The van der Waals surface area contributed by atoms with Gasteiger partial charge in [-0.1, -0.05) is 19.3 Å². The number of carbonyl (C=O) groups excluding carboxylic acids is 1. The third-order valence-electron chi connectivity index (χ3n) is 4.82. The molecule has 114 valence electrons. The van der Waals surface area contributed by atoms with Gasteiger partial charge in [-0.25, -0.2) is 0 Å². The number of aryl methyl sites for hydroxylation is 2. The van der Waals surface area contributed by atoms with Crippen molar-refractivity contribution in [1.82, 2.24) is 5.32 Å². The van der Waals surface area contributed by atoms with Crippen molar-refractivity contribution in [2.24, 2.45) is 5.41 Å². The van der Waals surface area contributed by atoms with Crippen molar-refractivity contribution in [3.05, 3.63) is 21.4 Å². The highest BCUT2D eigenvalue weighted by molar-refractivity contribution is 7.14. The molecule has 0 atom stereocenters. The summed E-state index contributed by atoms with van der Waals surface area (Å²) in [6, 6.07) is 1.98. The van der Waals surface area contributed by atoms with Crippen LogP contribution in [-0.4, -0.2) is 23.5 Å². The van der Waals surface area contributed by atoms with Crippen LogP contribution in [0.2, 0.25) is 0 Å². The number of thiophene rings is 1. The molecule has 1 fully saturated rings. The summed E-state index contributed by atoms with van der Waals surface area (Å²) in [5.41, 5.74) is 0.546. The molecule has 0 unspecified atom stereocenters. The molecule has 0 aromatic carbocycles. The summed E-state index contributed by atoms with van der Waals surface area (Å²) in [5.74, 6) is -0.878. The van der Waals surface area contributed by atoms with Crippen LogP contribution in [0.15, 0.2) is 6.07 Å². The van der Waals surface area contributed by atoms with Gasteiger partial charge in [0.15, 0.2) is 0 Å². The normalized spacial score (nSPS) is 20.0. The summed E-state index contributed by atoms with van der Waals surface area (Å²) in [6.07, 6.45) is 7.65. The van der Waals surface area contributed by atoms with Crippen LogP contribution in [0.1, 0.15) is 58.6 Å². The smallest absolute Gasteiger partial charge is 0.311 e. The maximum Gasteiger partial charge on any atom is 0.311 e. The van der Waals surface area contributed by atoms with Gasteiger partial charge in [0.2, 0.25) is 0 Å². The van der Waals surface area contributed by atoms with Gasteiger partial charge in [-0.2, -0.15) is 0 Å². The van der Waals surface area contributed by atoms with Crippen LogP contribution in [-0.2, 0) is 17.6 Å². The van der Waals surface area contributed by atoms with Crippen molar-refractivity contribution in [3.8, 4) is 0 Å². The molecule has 2 N–H and O–H groups in total. The zero-order valence-corrected chi connectivity index (χ0v) is 12.9. The van der Waals surface area contributed by atoms with E-state index >= 15 is 0 Å². The summed E-state index contributed by atoms with van der Waals surface area (Å²) >= 11 is 1.56. The summed E-state index contributed by atoms with van der Waals surface area (Å²) in [5, 5.41) is 12.4. The number of hydrogen-bond acceptors (Lipinski definition) is 3. The van der Waals surface area contributed by atoms with E-state index in [1.807, 2.05) is 6.07 Å². The zero-order valence-electron chi connectivity index (χ0n) is 12.1. The number of carboxylic acids is 1. The SMILES string of the molecule is O=C(NCC1(C(=O)O)CCCCC1)c1cc2c(s1)CCC2. The van der Waals surface area contributed by atoms with Crippen molar-refractivity contribution in [2.75, 3.05) is 6.54 Å². The lowest BCUT2D eigenvalue weighted by atomic mass is 9.74. The molecule has 3 rings (SSSR count). The van der Waals surface area contributed by atoms with Gasteiger partial charge in [0.05, 0.1) is 10.3 Å². The van der Waals surface area contributed by atoms with Gasteiger partial charge in [-0.3, -0.25) is 9.59 Å². The number of amides is 1. The second-order valence-corrected chi connectivity index (χ2v) is 7.38. The number of aliphatic carboxylic acids is 1. The standard InChI is InChI=1S/C16H21NO3S/c18-14(13-9-11-5-4-6-12(11)21-13)17-10-16(15(19)20)7-2-1-3-8-16/h9H,1-8,10H2,(H,17,18)(H,19,20). The predicted molar refractivity (Wildman–Crippen MR) is 81.8 cm³/mol. The van der Waals surface area contributed by atoms with Gasteiger partial charge in [0.1, 0.15) is 0 Å². The Kier molecular flexibility index (Phi) is 4.02. The molecule has 21 heavy (non-hydrogen) atoms. The van der Waals surface area contributed by atoms with Crippen LogP contribution in [0.4, 0.5) is 0 Å². The van der Waals surface area contributed by atoms with Crippen LogP contribution < -0.4 is 5.32 Å². The first kappa shape index (κ1) is 14.6. The van der Waals surface area contributed by atoms with E-state index in [4.69, 9.17) is 0 Å². The average molecular weight is 307 g/mol. The van der Waals surface area contributed by atoms with Gasteiger partial charge < -0.3 is 10.4 Å². The van der Waals surface area contributed by atoms with Crippen LogP contribution in [0.5, 0.6) is 0 Å². The van der Waals surface area contributed by atoms with Crippen LogP contribution in [0.25, 0.3) is 0 Å². The molecule has 0 aliphatic heterocycles. The third kappa shape index (κ3) is 2.84. The molecular formula is C16H21NO3S. The number of hydrogen-bond donors (Lipinski definition) is 2. The van der Waals surface area contributed by atoms with Gasteiger partial charge in [0, 0.05) is 11.4 Å². The predicted octanol–water partition coefficient (Wildman–Crippen LogP) is 3.00. The van der Waals surface area contributed by atoms with Crippen molar-refractivity contribution >= 4 is 23.2 Å². The molecule has 5 heteroatoms. The van der Waals surface area contributed by atoms with Crippen LogP contribution in [0, 0.1) is 5.41 Å². The summed E-state index contributed by atoms with van der Waals surface area (Å²) in [4.78, 5) is 25.9. The molecule has 4 nitrogen and oxygen atoms in total. The Morgan fingerprint density at radius 3 is 2.62 bits per heavy atom. The molecule has 2 aliphatic carbocycles. The van der Waals surface area contributed by atoms with E-state index in [1.165, 1.54) is 16.9 Å². The lowest BCUT2D eigenvalue weighted by molar-refractivity contribution is -0.150. The Morgan fingerprint density at radius 1 is 1.19 bits per heavy atom.